The van der Waals surface area contributed by atoms with E-state index in [0.717, 1.165) is 5.56 Å². The molecule has 0 spiro atoms. The predicted octanol–water partition coefficient (Wildman–Crippen LogP) is 0.821. The van der Waals surface area contributed by atoms with Crippen molar-refractivity contribution in [1.29, 1.82) is 0 Å². The van der Waals surface area contributed by atoms with Crippen LogP contribution < -0.4 is 11.1 Å². The van der Waals surface area contributed by atoms with Gasteiger partial charge in [-0.25, -0.2) is 0 Å². The largest absolute Gasteiger partial charge is 0.398 e. The van der Waals surface area contributed by atoms with E-state index in [4.69, 9.17) is 5.73 Å². The summed E-state index contributed by atoms with van der Waals surface area (Å²) in [5.41, 5.74) is 7.29. The first-order chi connectivity index (χ1) is 7.56. The summed E-state index contributed by atoms with van der Waals surface area (Å²) in [5, 5.41) is 2.49. The zero-order chi connectivity index (χ0) is 12.1. The maximum atomic E-state index is 11.9. The number of amides is 1. The molecule has 1 rings (SSSR count). The molecule has 1 atom stereocenters. The normalized spacial score (nSPS) is 12.1. The summed E-state index contributed by atoms with van der Waals surface area (Å²) in [4.78, 5) is 11.6. The van der Waals surface area contributed by atoms with E-state index in [2.05, 4.69) is 5.32 Å². The molecule has 1 aromatic carbocycles. The highest BCUT2D eigenvalue weighted by molar-refractivity contribution is 7.85. The molecule has 88 valence electrons. The molecule has 5 heteroatoms. The molecule has 1 unspecified atom stereocenters. The van der Waals surface area contributed by atoms with Gasteiger partial charge in [-0.15, -0.1) is 0 Å². The van der Waals surface area contributed by atoms with Crippen LogP contribution in [0.4, 0.5) is 5.69 Å². The van der Waals surface area contributed by atoms with Gasteiger partial charge in [0.1, 0.15) is 0 Å². The number of hydrogen-bond acceptors (Lipinski definition) is 3. The molecule has 16 heavy (non-hydrogen) atoms. The smallest absolute Gasteiger partial charge is 0.220 e. The number of para-hydroxylation sites is 1. The quantitative estimate of drug-likeness (QED) is 0.765. The monoisotopic (exact) mass is 240 g/mol. The molecule has 1 aromatic rings. The Morgan fingerprint density at radius 1 is 1.50 bits per heavy atom. The molecule has 0 bridgehead atoms. The van der Waals surface area contributed by atoms with Crippen LogP contribution in [-0.2, 0) is 15.6 Å². The number of carbonyl (C=O) groups excluding carboxylic acids is 1. The minimum atomic E-state index is -1.21. The standard InChI is InChI=1S/C11H16N2O2S/c1-8-4-3-5-9(11(8)12)16(15)7-6-10(14)13-2/h3-5H,6-7,12H2,1-2H3,(H,13,14). The number of rotatable bonds is 4. The first kappa shape index (κ1) is 12.7. The summed E-state index contributed by atoms with van der Waals surface area (Å²) >= 11 is 0. The van der Waals surface area contributed by atoms with Gasteiger partial charge in [-0.1, -0.05) is 12.1 Å². The Bertz CT molecular complexity index is 418. The number of aryl methyl sites for hydroxylation is 1. The van der Waals surface area contributed by atoms with Crippen LogP contribution in [0.15, 0.2) is 23.1 Å². The van der Waals surface area contributed by atoms with Crippen molar-refractivity contribution in [3.63, 3.8) is 0 Å². The lowest BCUT2D eigenvalue weighted by Gasteiger charge is -2.07. The predicted molar refractivity (Wildman–Crippen MR) is 65.6 cm³/mol. The highest BCUT2D eigenvalue weighted by Crippen LogP contribution is 2.20. The zero-order valence-corrected chi connectivity index (χ0v) is 10.3. The van der Waals surface area contributed by atoms with Crippen molar-refractivity contribution in [1.82, 2.24) is 5.32 Å². The minimum absolute atomic E-state index is 0.112. The van der Waals surface area contributed by atoms with Crippen LogP contribution in [-0.4, -0.2) is 22.9 Å². The lowest BCUT2D eigenvalue weighted by atomic mass is 10.2. The molecular formula is C11H16N2O2S. The molecule has 0 heterocycles. The number of nitrogens with two attached hydrogens (primary N) is 1. The Balaban J connectivity index is 2.74. The summed E-state index contributed by atoms with van der Waals surface area (Å²) in [7, 11) is 0.349. The molecule has 0 aromatic heterocycles. The van der Waals surface area contributed by atoms with Gasteiger partial charge in [0.15, 0.2) is 0 Å². The number of carbonyl (C=O) groups is 1. The topological polar surface area (TPSA) is 72.2 Å². The second kappa shape index (κ2) is 5.65. The number of nitrogens with one attached hydrogen (secondary N) is 1. The van der Waals surface area contributed by atoms with Crippen molar-refractivity contribution in [2.75, 3.05) is 18.5 Å². The van der Waals surface area contributed by atoms with Crippen LogP contribution in [0.5, 0.6) is 0 Å². The van der Waals surface area contributed by atoms with E-state index in [9.17, 15) is 9.00 Å². The van der Waals surface area contributed by atoms with Crippen LogP contribution in [0.25, 0.3) is 0 Å². The molecule has 0 saturated heterocycles. The fourth-order valence-electron chi connectivity index (χ4n) is 1.27. The number of benzene rings is 1. The molecule has 0 aliphatic rings. The van der Waals surface area contributed by atoms with Gasteiger partial charge in [-0.05, 0) is 18.6 Å². The molecular weight excluding hydrogens is 224 g/mol. The van der Waals surface area contributed by atoms with Gasteiger partial charge in [0.05, 0.1) is 21.4 Å². The maximum Gasteiger partial charge on any atom is 0.220 e. The fourth-order valence-corrected chi connectivity index (χ4v) is 2.50. The first-order valence-corrected chi connectivity index (χ1v) is 6.32. The third kappa shape index (κ3) is 3.06. The first-order valence-electron chi connectivity index (χ1n) is 5.00. The summed E-state index contributed by atoms with van der Waals surface area (Å²) in [6.45, 7) is 1.87. The third-order valence-electron chi connectivity index (χ3n) is 2.32. The maximum absolute atomic E-state index is 11.9. The van der Waals surface area contributed by atoms with Crippen LogP contribution in [0.2, 0.25) is 0 Å². The summed E-state index contributed by atoms with van der Waals surface area (Å²) < 4.78 is 11.9. The van der Waals surface area contributed by atoms with Crippen molar-refractivity contribution in [2.24, 2.45) is 0 Å². The average molecular weight is 240 g/mol. The van der Waals surface area contributed by atoms with Crippen molar-refractivity contribution < 1.29 is 9.00 Å². The van der Waals surface area contributed by atoms with Crippen molar-refractivity contribution in [2.45, 2.75) is 18.2 Å². The van der Waals surface area contributed by atoms with E-state index in [1.165, 1.54) is 0 Å². The number of anilines is 1. The van der Waals surface area contributed by atoms with E-state index in [-0.39, 0.29) is 12.3 Å². The molecule has 1 amide bonds. The van der Waals surface area contributed by atoms with Crippen LogP contribution in [0, 0.1) is 6.92 Å². The second-order valence-corrected chi connectivity index (χ2v) is 5.00. The fraction of sp³-hybridized carbons (Fsp3) is 0.364. The summed E-state index contributed by atoms with van der Waals surface area (Å²) in [5.74, 6) is 0.187. The van der Waals surface area contributed by atoms with Crippen molar-refractivity contribution >= 4 is 22.4 Å². The SMILES string of the molecule is CNC(=O)CCS(=O)c1cccc(C)c1N. The number of hydrogen-bond donors (Lipinski definition) is 2. The lowest BCUT2D eigenvalue weighted by molar-refractivity contribution is -0.120. The average Bonchev–Trinajstić information content (AvgIpc) is 2.29. The Hall–Kier alpha value is -1.36. The van der Waals surface area contributed by atoms with E-state index >= 15 is 0 Å². The Morgan fingerprint density at radius 2 is 2.19 bits per heavy atom. The van der Waals surface area contributed by atoms with Gasteiger partial charge in [0.25, 0.3) is 0 Å². The Labute approximate surface area is 97.7 Å². The van der Waals surface area contributed by atoms with E-state index < -0.39 is 10.8 Å². The van der Waals surface area contributed by atoms with Crippen LogP contribution in [0.1, 0.15) is 12.0 Å². The molecule has 0 aliphatic carbocycles. The molecule has 0 aliphatic heterocycles. The van der Waals surface area contributed by atoms with E-state index in [1.807, 2.05) is 19.1 Å². The summed E-state index contributed by atoms with van der Waals surface area (Å²) in [6.07, 6.45) is 0.247. The van der Waals surface area contributed by atoms with Crippen LogP contribution >= 0.6 is 0 Å². The Kier molecular flexibility index (Phi) is 4.49. The lowest BCUT2D eigenvalue weighted by Crippen LogP contribution is -2.20. The minimum Gasteiger partial charge on any atom is -0.398 e. The van der Waals surface area contributed by atoms with Gasteiger partial charge in [-0.2, -0.15) is 0 Å². The zero-order valence-electron chi connectivity index (χ0n) is 9.45. The highest BCUT2D eigenvalue weighted by Gasteiger charge is 2.10. The second-order valence-electron chi connectivity index (χ2n) is 3.46. The number of nitrogen functional groups attached to an aromatic ring is 1. The van der Waals surface area contributed by atoms with Gasteiger partial charge >= 0.3 is 0 Å². The van der Waals surface area contributed by atoms with E-state index in [0.29, 0.717) is 16.3 Å². The van der Waals surface area contributed by atoms with Gasteiger partial charge in [-0.3, -0.25) is 9.00 Å². The third-order valence-corrected chi connectivity index (χ3v) is 3.74. The molecule has 4 nitrogen and oxygen atoms in total. The van der Waals surface area contributed by atoms with Crippen LogP contribution in [0.3, 0.4) is 0 Å². The van der Waals surface area contributed by atoms with E-state index in [1.54, 1.807) is 13.1 Å². The van der Waals surface area contributed by atoms with Gasteiger partial charge in [0, 0.05) is 19.2 Å². The Morgan fingerprint density at radius 3 is 2.81 bits per heavy atom. The molecule has 0 fully saturated rings. The van der Waals surface area contributed by atoms with Gasteiger partial charge < -0.3 is 11.1 Å². The highest BCUT2D eigenvalue weighted by atomic mass is 32.2. The molecule has 0 radical (unpaired) electrons. The van der Waals surface area contributed by atoms with Crippen molar-refractivity contribution in [3.05, 3.63) is 23.8 Å². The molecule has 0 saturated carbocycles. The van der Waals surface area contributed by atoms with Gasteiger partial charge in [0.2, 0.25) is 5.91 Å². The van der Waals surface area contributed by atoms with Crippen molar-refractivity contribution in [3.8, 4) is 0 Å². The molecule has 3 N–H and O–H groups in total. The summed E-state index contributed by atoms with van der Waals surface area (Å²) in [6, 6.07) is 5.43.